The van der Waals surface area contributed by atoms with Gasteiger partial charge in [-0.15, -0.1) is 0 Å². The molecule has 0 aliphatic heterocycles. The Hall–Kier alpha value is -1.86. The molecule has 142 valence electrons. The summed E-state index contributed by atoms with van der Waals surface area (Å²) in [6.07, 6.45) is 5.57. The van der Waals surface area contributed by atoms with E-state index < -0.39 is 24.9 Å². The number of aryl methyl sites for hydroxylation is 1. The lowest BCUT2D eigenvalue weighted by molar-refractivity contribution is -0.135. The van der Waals surface area contributed by atoms with E-state index in [2.05, 4.69) is 10.6 Å². The first-order valence-corrected chi connectivity index (χ1v) is 9.39. The number of nitrogens with one attached hydrogen (secondary N) is 2. The fourth-order valence-electron chi connectivity index (χ4n) is 3.21. The van der Waals surface area contributed by atoms with Crippen LogP contribution in [0.3, 0.4) is 0 Å². The zero-order valence-electron chi connectivity index (χ0n) is 15.6. The molecule has 1 aliphatic rings. The minimum atomic E-state index is -1.70. The minimum Gasteiger partial charge on any atom is -0.426 e. The molecular formula is C19H29BN2O4. The van der Waals surface area contributed by atoms with Gasteiger partial charge in [0.25, 0.3) is 0 Å². The highest BCUT2D eigenvalue weighted by molar-refractivity contribution is 6.43. The molecule has 4 N–H and O–H groups in total. The first-order valence-electron chi connectivity index (χ1n) is 9.39. The molecule has 7 heteroatoms. The normalized spacial score (nSPS) is 17.2. The third kappa shape index (κ3) is 6.14. The molecule has 2 rings (SSSR count). The zero-order chi connectivity index (χ0) is 19.1. The third-order valence-corrected chi connectivity index (χ3v) is 5.00. The van der Waals surface area contributed by atoms with Gasteiger partial charge >= 0.3 is 7.12 Å². The fraction of sp³-hybridized carbons (Fsp3) is 0.579. The van der Waals surface area contributed by atoms with E-state index in [1.165, 1.54) is 6.42 Å². The second kappa shape index (κ2) is 9.74. The largest absolute Gasteiger partial charge is 0.475 e. The van der Waals surface area contributed by atoms with Crippen molar-refractivity contribution >= 4 is 18.9 Å². The van der Waals surface area contributed by atoms with E-state index in [9.17, 15) is 19.6 Å². The third-order valence-electron chi connectivity index (χ3n) is 5.00. The van der Waals surface area contributed by atoms with Crippen molar-refractivity contribution in [2.75, 3.05) is 0 Å². The summed E-state index contributed by atoms with van der Waals surface area (Å²) >= 11 is 0. The maximum absolute atomic E-state index is 12.4. The van der Waals surface area contributed by atoms with Crippen LogP contribution in [0.5, 0.6) is 0 Å². The molecule has 1 aromatic rings. The van der Waals surface area contributed by atoms with Gasteiger partial charge in [-0.3, -0.25) is 9.59 Å². The summed E-state index contributed by atoms with van der Waals surface area (Å²) < 4.78 is 0. The van der Waals surface area contributed by atoms with Crippen LogP contribution in [0.4, 0.5) is 0 Å². The molecule has 2 unspecified atom stereocenters. The van der Waals surface area contributed by atoms with Crippen LogP contribution in [0.25, 0.3) is 0 Å². The van der Waals surface area contributed by atoms with E-state index in [0.29, 0.717) is 0 Å². The number of hydrogen-bond donors (Lipinski definition) is 4. The van der Waals surface area contributed by atoms with Gasteiger partial charge in [-0.1, -0.05) is 49.1 Å². The monoisotopic (exact) mass is 360 g/mol. The van der Waals surface area contributed by atoms with Crippen LogP contribution in [0.15, 0.2) is 24.3 Å². The van der Waals surface area contributed by atoms with Gasteiger partial charge in [-0.05, 0) is 38.7 Å². The van der Waals surface area contributed by atoms with E-state index >= 15 is 0 Å². The van der Waals surface area contributed by atoms with Crippen molar-refractivity contribution in [1.82, 2.24) is 10.6 Å². The van der Waals surface area contributed by atoms with Gasteiger partial charge in [0.2, 0.25) is 11.8 Å². The van der Waals surface area contributed by atoms with Crippen molar-refractivity contribution in [2.24, 2.45) is 5.92 Å². The summed E-state index contributed by atoms with van der Waals surface area (Å²) in [6.45, 7) is 3.51. The van der Waals surface area contributed by atoms with Gasteiger partial charge < -0.3 is 20.7 Å². The second-order valence-corrected chi connectivity index (χ2v) is 7.28. The Kier molecular flexibility index (Phi) is 7.66. The van der Waals surface area contributed by atoms with E-state index in [-0.39, 0.29) is 18.4 Å². The van der Waals surface area contributed by atoms with Gasteiger partial charge in [0, 0.05) is 6.04 Å². The highest BCUT2D eigenvalue weighted by Gasteiger charge is 2.30. The van der Waals surface area contributed by atoms with Crippen LogP contribution in [0.1, 0.15) is 50.2 Å². The number of hydrogen-bond acceptors (Lipinski definition) is 4. The van der Waals surface area contributed by atoms with Crippen LogP contribution in [0.2, 0.25) is 0 Å². The second-order valence-electron chi connectivity index (χ2n) is 7.28. The number of rotatable bonds is 7. The fourth-order valence-corrected chi connectivity index (χ4v) is 3.21. The van der Waals surface area contributed by atoms with E-state index in [1.807, 2.05) is 31.2 Å². The topological polar surface area (TPSA) is 98.7 Å². The molecule has 0 bridgehead atoms. The molecule has 6 nitrogen and oxygen atoms in total. The van der Waals surface area contributed by atoms with Crippen LogP contribution in [-0.2, 0) is 16.0 Å². The Morgan fingerprint density at radius 2 is 1.73 bits per heavy atom. The van der Waals surface area contributed by atoms with Crippen molar-refractivity contribution in [2.45, 2.75) is 64.4 Å². The molecule has 2 amide bonds. The summed E-state index contributed by atoms with van der Waals surface area (Å²) in [5.74, 6) is -2.55. The summed E-state index contributed by atoms with van der Waals surface area (Å²) in [5.41, 5.74) is 1.99. The van der Waals surface area contributed by atoms with Gasteiger partial charge in [0.05, 0.1) is 5.94 Å². The summed E-state index contributed by atoms with van der Waals surface area (Å²) in [4.78, 5) is 24.7. The number of carbonyl (C=O) groups is 2. The zero-order valence-corrected chi connectivity index (χ0v) is 15.6. The van der Waals surface area contributed by atoms with E-state index in [1.54, 1.807) is 6.92 Å². The van der Waals surface area contributed by atoms with E-state index in [0.717, 1.165) is 36.8 Å². The number of carbonyl (C=O) groups excluding carboxylic acids is 2. The summed E-state index contributed by atoms with van der Waals surface area (Å²) in [5, 5.41) is 24.7. The molecule has 0 spiro atoms. The van der Waals surface area contributed by atoms with Crippen molar-refractivity contribution in [1.29, 1.82) is 0 Å². The van der Waals surface area contributed by atoms with Crippen LogP contribution < -0.4 is 10.6 Å². The maximum Gasteiger partial charge on any atom is 0.475 e. The standard InChI is InChI=1S/C19H29BN2O4/c1-13-8-10-15(11-9-13)12-17(20(25)26)22-19(24)14(2)18(23)21-16-6-4-3-5-7-16/h8-11,14,16-17,25-26H,3-7,12H2,1-2H3,(H,21,23)(H,22,24). The Bertz CT molecular complexity index is 600. The SMILES string of the molecule is Cc1ccc(CC(NC(=O)C(C)C(=O)NC2CCCCC2)B(O)O)cc1. The van der Waals surface area contributed by atoms with Crippen LogP contribution >= 0.6 is 0 Å². The quantitative estimate of drug-likeness (QED) is 0.433. The molecule has 0 radical (unpaired) electrons. The van der Waals surface area contributed by atoms with E-state index in [4.69, 9.17) is 0 Å². The minimum absolute atomic E-state index is 0.137. The molecule has 1 fully saturated rings. The van der Waals surface area contributed by atoms with Crippen molar-refractivity contribution in [3.05, 3.63) is 35.4 Å². The van der Waals surface area contributed by atoms with Gasteiger partial charge in [0.1, 0.15) is 5.92 Å². The molecule has 26 heavy (non-hydrogen) atoms. The average molecular weight is 360 g/mol. The summed E-state index contributed by atoms with van der Waals surface area (Å²) in [7, 11) is -1.70. The predicted octanol–water partition coefficient (Wildman–Crippen LogP) is 1.12. The summed E-state index contributed by atoms with van der Waals surface area (Å²) in [6, 6.07) is 7.76. The Morgan fingerprint density at radius 3 is 2.31 bits per heavy atom. The molecular weight excluding hydrogens is 331 g/mol. The lowest BCUT2D eigenvalue weighted by atomic mass is 9.75. The lowest BCUT2D eigenvalue weighted by Gasteiger charge is -2.25. The number of benzene rings is 1. The highest BCUT2D eigenvalue weighted by atomic mass is 16.4. The molecule has 0 aromatic heterocycles. The number of amides is 2. The first-order chi connectivity index (χ1) is 12.4. The first kappa shape index (κ1) is 20.5. The molecule has 0 saturated heterocycles. The molecule has 1 aromatic carbocycles. The molecule has 1 saturated carbocycles. The molecule has 0 heterocycles. The van der Waals surface area contributed by atoms with Crippen LogP contribution in [-0.4, -0.2) is 41.0 Å². The maximum atomic E-state index is 12.4. The van der Waals surface area contributed by atoms with Crippen LogP contribution in [0, 0.1) is 12.8 Å². The lowest BCUT2D eigenvalue weighted by Crippen LogP contribution is -2.52. The Morgan fingerprint density at radius 1 is 1.12 bits per heavy atom. The van der Waals surface area contributed by atoms with Crippen molar-refractivity contribution in [3.8, 4) is 0 Å². The van der Waals surface area contributed by atoms with Gasteiger partial charge in [-0.25, -0.2) is 0 Å². The van der Waals surface area contributed by atoms with Crippen molar-refractivity contribution < 1.29 is 19.6 Å². The average Bonchev–Trinajstić information content (AvgIpc) is 2.62. The van der Waals surface area contributed by atoms with Crippen molar-refractivity contribution in [3.63, 3.8) is 0 Å². The Labute approximate surface area is 155 Å². The smallest absolute Gasteiger partial charge is 0.426 e. The van der Waals surface area contributed by atoms with Gasteiger partial charge in [0.15, 0.2) is 0 Å². The molecule has 2 atom stereocenters. The Balaban J connectivity index is 1.90. The predicted molar refractivity (Wildman–Crippen MR) is 101 cm³/mol. The highest BCUT2D eigenvalue weighted by Crippen LogP contribution is 2.18. The molecule has 1 aliphatic carbocycles. The van der Waals surface area contributed by atoms with Gasteiger partial charge in [-0.2, -0.15) is 0 Å².